The van der Waals surface area contributed by atoms with Crippen molar-refractivity contribution in [2.75, 3.05) is 0 Å². The van der Waals surface area contributed by atoms with Crippen molar-refractivity contribution in [1.82, 2.24) is 0 Å². The summed E-state index contributed by atoms with van der Waals surface area (Å²) >= 11 is 0. The van der Waals surface area contributed by atoms with E-state index < -0.39 is 0 Å². The summed E-state index contributed by atoms with van der Waals surface area (Å²) in [5, 5.41) is 0. The van der Waals surface area contributed by atoms with Crippen LogP contribution in [0.25, 0.3) is 11.1 Å². The Bertz CT molecular complexity index is 848. The van der Waals surface area contributed by atoms with Gasteiger partial charge in [-0.1, -0.05) is 85.8 Å². The van der Waals surface area contributed by atoms with Crippen LogP contribution in [-0.4, -0.2) is 0 Å². The molecular weight excluding hydrogens is 288 g/mol. The predicted octanol–water partition coefficient (Wildman–Crippen LogP) is 6.10. The SMILES string of the molecule is CCCCc1ccccc1-c1ccccc1C#Cc1ccccc1. The molecule has 0 fully saturated rings. The Kier molecular flexibility index (Phi) is 5.48. The van der Waals surface area contributed by atoms with Crippen molar-refractivity contribution in [3.05, 3.63) is 95.6 Å². The Morgan fingerprint density at radius 3 is 2.12 bits per heavy atom. The van der Waals surface area contributed by atoms with Crippen LogP contribution in [0.15, 0.2) is 78.9 Å². The van der Waals surface area contributed by atoms with Crippen molar-refractivity contribution in [3.8, 4) is 23.0 Å². The van der Waals surface area contributed by atoms with E-state index in [1.807, 2.05) is 30.3 Å². The Balaban J connectivity index is 2.00. The second kappa shape index (κ2) is 8.18. The van der Waals surface area contributed by atoms with Gasteiger partial charge >= 0.3 is 0 Å². The van der Waals surface area contributed by atoms with Crippen LogP contribution >= 0.6 is 0 Å². The molecule has 3 aromatic rings. The third-order valence-corrected chi connectivity index (χ3v) is 4.15. The van der Waals surface area contributed by atoms with E-state index in [1.54, 1.807) is 0 Å². The highest BCUT2D eigenvalue weighted by Crippen LogP contribution is 2.27. The van der Waals surface area contributed by atoms with Crippen molar-refractivity contribution < 1.29 is 0 Å². The summed E-state index contributed by atoms with van der Waals surface area (Å²) in [5.74, 6) is 6.65. The molecule has 0 amide bonds. The molecule has 0 N–H and O–H groups in total. The molecule has 0 saturated carbocycles. The molecule has 0 aliphatic heterocycles. The van der Waals surface area contributed by atoms with Crippen LogP contribution in [-0.2, 0) is 6.42 Å². The van der Waals surface area contributed by atoms with E-state index in [9.17, 15) is 0 Å². The van der Waals surface area contributed by atoms with Gasteiger partial charge in [-0.2, -0.15) is 0 Å². The molecular formula is C24H22. The maximum Gasteiger partial charge on any atom is 0.0327 e. The molecule has 0 aromatic heterocycles. The molecule has 3 rings (SSSR count). The van der Waals surface area contributed by atoms with Gasteiger partial charge < -0.3 is 0 Å². The number of hydrogen-bond acceptors (Lipinski definition) is 0. The fraction of sp³-hybridized carbons (Fsp3) is 0.167. The molecule has 118 valence electrons. The van der Waals surface area contributed by atoms with E-state index in [4.69, 9.17) is 0 Å². The summed E-state index contributed by atoms with van der Waals surface area (Å²) in [6.07, 6.45) is 3.55. The van der Waals surface area contributed by atoms with Gasteiger partial charge in [0.1, 0.15) is 0 Å². The van der Waals surface area contributed by atoms with E-state index >= 15 is 0 Å². The molecule has 0 heterocycles. The van der Waals surface area contributed by atoms with Crippen molar-refractivity contribution in [2.45, 2.75) is 26.2 Å². The predicted molar refractivity (Wildman–Crippen MR) is 103 cm³/mol. The molecule has 0 radical (unpaired) electrons. The second-order valence-electron chi connectivity index (χ2n) is 5.92. The molecule has 0 heteroatoms. The number of rotatable bonds is 4. The highest BCUT2D eigenvalue weighted by molar-refractivity contribution is 5.74. The quantitative estimate of drug-likeness (QED) is 0.511. The standard InChI is InChI=1S/C24H22/c1-2-3-13-21-14-7-9-16-23(21)24-17-10-8-15-22(24)19-18-20-11-5-4-6-12-20/h4-12,14-17H,2-3,13H2,1H3. The third kappa shape index (κ3) is 3.94. The summed E-state index contributed by atoms with van der Waals surface area (Å²) in [5.41, 5.74) is 6.08. The molecule has 24 heavy (non-hydrogen) atoms. The van der Waals surface area contributed by atoms with Gasteiger partial charge in [0.15, 0.2) is 0 Å². The van der Waals surface area contributed by atoms with Gasteiger partial charge in [-0.05, 0) is 47.7 Å². The number of benzene rings is 3. The Labute approximate surface area is 145 Å². The highest BCUT2D eigenvalue weighted by Gasteiger charge is 2.07. The van der Waals surface area contributed by atoms with Crippen LogP contribution in [0.5, 0.6) is 0 Å². The van der Waals surface area contributed by atoms with Gasteiger partial charge in [-0.3, -0.25) is 0 Å². The summed E-state index contributed by atoms with van der Waals surface area (Å²) in [7, 11) is 0. The molecule has 0 saturated heterocycles. The summed E-state index contributed by atoms with van der Waals surface area (Å²) in [6, 6.07) is 27.3. The first-order valence-electron chi connectivity index (χ1n) is 8.63. The first-order chi connectivity index (χ1) is 11.9. The van der Waals surface area contributed by atoms with Crippen LogP contribution in [0.1, 0.15) is 36.5 Å². The van der Waals surface area contributed by atoms with Gasteiger partial charge in [-0.15, -0.1) is 0 Å². The molecule has 0 unspecified atom stereocenters. The topological polar surface area (TPSA) is 0 Å². The van der Waals surface area contributed by atoms with E-state index in [0.29, 0.717) is 0 Å². The van der Waals surface area contributed by atoms with Gasteiger partial charge in [0, 0.05) is 11.1 Å². The lowest BCUT2D eigenvalue weighted by Crippen LogP contribution is -1.92. The van der Waals surface area contributed by atoms with Gasteiger partial charge in [0.05, 0.1) is 0 Å². The van der Waals surface area contributed by atoms with Crippen LogP contribution in [0.3, 0.4) is 0 Å². The molecule has 0 bridgehead atoms. The molecule has 0 aliphatic carbocycles. The third-order valence-electron chi connectivity index (χ3n) is 4.15. The van der Waals surface area contributed by atoms with Gasteiger partial charge in [0.25, 0.3) is 0 Å². The van der Waals surface area contributed by atoms with E-state index in [-0.39, 0.29) is 0 Å². The molecule has 3 aromatic carbocycles. The molecule has 0 spiro atoms. The zero-order chi connectivity index (χ0) is 16.6. The maximum atomic E-state index is 3.36. The number of unbranched alkanes of at least 4 members (excludes halogenated alkanes) is 1. The van der Waals surface area contributed by atoms with Crippen molar-refractivity contribution in [1.29, 1.82) is 0 Å². The van der Waals surface area contributed by atoms with E-state index in [0.717, 1.165) is 17.5 Å². The van der Waals surface area contributed by atoms with E-state index in [1.165, 1.54) is 29.5 Å². The lowest BCUT2D eigenvalue weighted by Gasteiger charge is -2.11. The number of aryl methyl sites for hydroxylation is 1. The summed E-state index contributed by atoms with van der Waals surface area (Å²) in [4.78, 5) is 0. The minimum Gasteiger partial charge on any atom is -0.0654 e. The minimum absolute atomic E-state index is 1.05. The van der Waals surface area contributed by atoms with E-state index in [2.05, 4.69) is 67.3 Å². The molecule has 0 atom stereocenters. The lowest BCUT2D eigenvalue weighted by molar-refractivity contribution is 0.796. The minimum atomic E-state index is 1.05. The van der Waals surface area contributed by atoms with Crippen LogP contribution in [0.4, 0.5) is 0 Å². The fourth-order valence-electron chi connectivity index (χ4n) is 2.86. The molecule has 0 aliphatic rings. The van der Waals surface area contributed by atoms with Crippen molar-refractivity contribution in [2.24, 2.45) is 0 Å². The van der Waals surface area contributed by atoms with Crippen molar-refractivity contribution in [3.63, 3.8) is 0 Å². The Morgan fingerprint density at radius 1 is 0.667 bits per heavy atom. The monoisotopic (exact) mass is 310 g/mol. The second-order valence-corrected chi connectivity index (χ2v) is 5.92. The fourth-order valence-corrected chi connectivity index (χ4v) is 2.86. The zero-order valence-corrected chi connectivity index (χ0v) is 14.1. The van der Waals surface area contributed by atoms with Crippen LogP contribution < -0.4 is 0 Å². The Hall–Kier alpha value is -2.78. The van der Waals surface area contributed by atoms with Crippen molar-refractivity contribution >= 4 is 0 Å². The normalized spacial score (nSPS) is 10.0. The maximum absolute atomic E-state index is 3.36. The average Bonchev–Trinajstić information content (AvgIpc) is 2.66. The summed E-state index contributed by atoms with van der Waals surface area (Å²) in [6.45, 7) is 2.24. The Morgan fingerprint density at radius 2 is 1.33 bits per heavy atom. The number of hydrogen-bond donors (Lipinski definition) is 0. The first kappa shape index (κ1) is 16.1. The first-order valence-corrected chi connectivity index (χ1v) is 8.63. The average molecular weight is 310 g/mol. The highest BCUT2D eigenvalue weighted by atomic mass is 14.1. The largest absolute Gasteiger partial charge is 0.0654 e. The smallest absolute Gasteiger partial charge is 0.0327 e. The van der Waals surface area contributed by atoms with Gasteiger partial charge in [0.2, 0.25) is 0 Å². The van der Waals surface area contributed by atoms with Crippen LogP contribution in [0, 0.1) is 11.8 Å². The van der Waals surface area contributed by atoms with Crippen LogP contribution in [0.2, 0.25) is 0 Å². The summed E-state index contributed by atoms with van der Waals surface area (Å²) < 4.78 is 0. The molecule has 0 nitrogen and oxygen atoms in total. The van der Waals surface area contributed by atoms with Gasteiger partial charge in [-0.25, -0.2) is 0 Å². The zero-order valence-electron chi connectivity index (χ0n) is 14.1. The lowest BCUT2D eigenvalue weighted by atomic mass is 9.93.